The molecular formula is C23H22ClNO4S. The van der Waals surface area contributed by atoms with Crippen LogP contribution in [0.5, 0.6) is 0 Å². The first-order chi connectivity index (χ1) is 14.4. The molecule has 156 valence electrons. The van der Waals surface area contributed by atoms with E-state index in [-0.39, 0.29) is 11.7 Å². The predicted molar refractivity (Wildman–Crippen MR) is 117 cm³/mol. The third kappa shape index (κ3) is 4.60. The molecule has 4 rings (SSSR count). The maximum absolute atomic E-state index is 12.9. The minimum Gasteiger partial charge on any atom is -0.468 e. The van der Waals surface area contributed by atoms with Gasteiger partial charge < -0.3 is 9.32 Å². The highest BCUT2D eigenvalue weighted by atomic mass is 35.5. The summed E-state index contributed by atoms with van der Waals surface area (Å²) in [7, 11) is -3.30. The van der Waals surface area contributed by atoms with Crippen LogP contribution in [-0.4, -0.2) is 37.6 Å². The fourth-order valence-electron chi connectivity index (χ4n) is 3.78. The van der Waals surface area contributed by atoms with Gasteiger partial charge in [-0.05, 0) is 60.4 Å². The Hall–Kier alpha value is -2.57. The van der Waals surface area contributed by atoms with Gasteiger partial charge in [0.1, 0.15) is 11.5 Å². The molecule has 2 heterocycles. The number of hydrogen-bond donors (Lipinski definition) is 0. The van der Waals surface area contributed by atoms with E-state index in [2.05, 4.69) is 0 Å². The standard InChI is InChI=1S/C23H22ClNO4S/c24-20-4-1-3-19(15-20)17-6-8-18(9-7-17)23(26)25-12-10-22(11-13-25)30(27,28)16-21-5-2-14-29-21/h1-9,14-15,22H,10-13,16H2. The summed E-state index contributed by atoms with van der Waals surface area (Å²) in [5.41, 5.74) is 2.57. The quantitative estimate of drug-likeness (QED) is 0.567. The average Bonchev–Trinajstić information content (AvgIpc) is 3.26. The Kier molecular flexibility index (Phi) is 5.97. The summed E-state index contributed by atoms with van der Waals surface area (Å²) in [5.74, 6) is 0.284. The number of carbonyl (C=O) groups excluding carboxylic acids is 1. The number of carbonyl (C=O) groups is 1. The second-order valence-corrected chi connectivity index (χ2v) is 10.2. The molecule has 3 aromatic rings. The van der Waals surface area contributed by atoms with Crippen molar-refractivity contribution in [1.29, 1.82) is 0 Å². The monoisotopic (exact) mass is 443 g/mol. The second kappa shape index (κ2) is 8.66. The minimum atomic E-state index is -3.30. The molecule has 1 amide bonds. The number of likely N-dealkylation sites (tertiary alicyclic amines) is 1. The fraction of sp³-hybridized carbons (Fsp3) is 0.261. The van der Waals surface area contributed by atoms with Crippen molar-refractivity contribution in [2.75, 3.05) is 13.1 Å². The minimum absolute atomic E-state index is 0.0745. The van der Waals surface area contributed by atoms with Gasteiger partial charge in [0.15, 0.2) is 9.84 Å². The van der Waals surface area contributed by atoms with Gasteiger partial charge in [-0.3, -0.25) is 4.79 Å². The lowest BCUT2D eigenvalue weighted by Gasteiger charge is -2.31. The molecule has 0 bridgehead atoms. The number of piperidine rings is 1. The Labute approximate surface area is 181 Å². The summed E-state index contributed by atoms with van der Waals surface area (Å²) < 4.78 is 30.4. The molecule has 7 heteroatoms. The number of hydrogen-bond acceptors (Lipinski definition) is 4. The Morgan fingerprint density at radius 2 is 1.73 bits per heavy atom. The van der Waals surface area contributed by atoms with Gasteiger partial charge in [-0.15, -0.1) is 0 Å². The zero-order chi connectivity index (χ0) is 21.1. The fourth-order valence-corrected chi connectivity index (χ4v) is 5.70. The van der Waals surface area contributed by atoms with E-state index in [1.54, 1.807) is 29.2 Å². The third-order valence-electron chi connectivity index (χ3n) is 5.45. The van der Waals surface area contributed by atoms with Gasteiger partial charge >= 0.3 is 0 Å². The Bertz CT molecular complexity index is 1120. The average molecular weight is 444 g/mol. The summed E-state index contributed by atoms with van der Waals surface area (Å²) in [6.45, 7) is 0.855. The van der Waals surface area contributed by atoms with E-state index in [9.17, 15) is 13.2 Å². The predicted octanol–water partition coefficient (Wildman–Crippen LogP) is 4.82. The largest absolute Gasteiger partial charge is 0.468 e. The van der Waals surface area contributed by atoms with Crippen molar-refractivity contribution in [2.24, 2.45) is 0 Å². The van der Waals surface area contributed by atoms with Crippen LogP contribution < -0.4 is 0 Å². The molecule has 0 saturated carbocycles. The van der Waals surface area contributed by atoms with Crippen LogP contribution in [0.3, 0.4) is 0 Å². The summed E-state index contributed by atoms with van der Waals surface area (Å²) in [4.78, 5) is 14.6. The zero-order valence-electron chi connectivity index (χ0n) is 16.3. The summed E-state index contributed by atoms with van der Waals surface area (Å²) in [6, 6.07) is 18.3. The highest BCUT2D eigenvalue weighted by molar-refractivity contribution is 7.91. The van der Waals surface area contributed by atoms with Crippen molar-refractivity contribution in [2.45, 2.75) is 23.8 Å². The van der Waals surface area contributed by atoms with Crippen LogP contribution in [-0.2, 0) is 15.6 Å². The molecule has 1 aromatic heterocycles. The van der Waals surface area contributed by atoms with Gasteiger partial charge in [0, 0.05) is 23.7 Å². The van der Waals surface area contributed by atoms with Crippen molar-refractivity contribution in [3.8, 4) is 11.1 Å². The van der Waals surface area contributed by atoms with Crippen molar-refractivity contribution in [3.63, 3.8) is 0 Å². The molecule has 0 atom stereocenters. The topological polar surface area (TPSA) is 67.6 Å². The van der Waals surface area contributed by atoms with Crippen LogP contribution in [0.25, 0.3) is 11.1 Å². The van der Waals surface area contributed by atoms with E-state index < -0.39 is 15.1 Å². The van der Waals surface area contributed by atoms with E-state index in [4.69, 9.17) is 16.0 Å². The van der Waals surface area contributed by atoms with E-state index in [0.29, 0.717) is 42.3 Å². The molecule has 1 aliphatic rings. The number of nitrogens with zero attached hydrogens (tertiary/aromatic N) is 1. The van der Waals surface area contributed by atoms with Crippen LogP contribution in [0.15, 0.2) is 71.3 Å². The van der Waals surface area contributed by atoms with E-state index >= 15 is 0 Å². The molecule has 0 aliphatic carbocycles. The highest BCUT2D eigenvalue weighted by Gasteiger charge is 2.32. The molecule has 1 fully saturated rings. The molecule has 0 radical (unpaired) electrons. The van der Waals surface area contributed by atoms with Crippen molar-refractivity contribution >= 4 is 27.3 Å². The highest BCUT2D eigenvalue weighted by Crippen LogP contribution is 2.25. The second-order valence-electron chi connectivity index (χ2n) is 7.47. The van der Waals surface area contributed by atoms with Crippen molar-refractivity contribution < 1.29 is 17.6 Å². The van der Waals surface area contributed by atoms with Crippen LogP contribution >= 0.6 is 11.6 Å². The van der Waals surface area contributed by atoms with Crippen LogP contribution in [0.4, 0.5) is 0 Å². The number of benzene rings is 2. The number of halogens is 1. The van der Waals surface area contributed by atoms with Gasteiger partial charge in [-0.1, -0.05) is 35.9 Å². The first-order valence-electron chi connectivity index (χ1n) is 9.81. The Balaban J connectivity index is 1.38. The smallest absolute Gasteiger partial charge is 0.253 e. The number of amides is 1. The number of sulfone groups is 1. The maximum Gasteiger partial charge on any atom is 0.253 e. The van der Waals surface area contributed by atoms with Crippen LogP contribution in [0.2, 0.25) is 5.02 Å². The zero-order valence-corrected chi connectivity index (χ0v) is 17.9. The van der Waals surface area contributed by atoms with Gasteiger partial charge in [0.25, 0.3) is 5.91 Å². The molecular weight excluding hydrogens is 422 g/mol. The lowest BCUT2D eigenvalue weighted by molar-refractivity contribution is 0.0725. The molecule has 2 aromatic carbocycles. The summed E-state index contributed by atoms with van der Waals surface area (Å²) >= 11 is 6.05. The first-order valence-corrected chi connectivity index (χ1v) is 11.9. The van der Waals surface area contributed by atoms with Crippen LogP contribution in [0.1, 0.15) is 29.0 Å². The number of rotatable bonds is 5. The first kappa shape index (κ1) is 20.7. The van der Waals surface area contributed by atoms with Gasteiger partial charge in [-0.25, -0.2) is 8.42 Å². The SMILES string of the molecule is O=C(c1ccc(-c2cccc(Cl)c2)cc1)N1CCC(S(=O)(=O)Cc2ccco2)CC1. The van der Waals surface area contributed by atoms with E-state index in [1.165, 1.54) is 6.26 Å². The number of furan rings is 1. The normalized spacial score (nSPS) is 15.3. The van der Waals surface area contributed by atoms with Crippen molar-refractivity contribution in [1.82, 2.24) is 4.90 Å². The van der Waals surface area contributed by atoms with Gasteiger partial charge in [0.05, 0.1) is 11.5 Å². The molecule has 0 unspecified atom stereocenters. The van der Waals surface area contributed by atoms with E-state index in [1.807, 2.05) is 36.4 Å². The summed E-state index contributed by atoms with van der Waals surface area (Å²) in [6.07, 6.45) is 2.36. The molecule has 0 N–H and O–H groups in total. The lowest BCUT2D eigenvalue weighted by atomic mass is 10.0. The third-order valence-corrected chi connectivity index (χ3v) is 7.86. The lowest BCUT2D eigenvalue weighted by Crippen LogP contribution is -2.42. The maximum atomic E-state index is 12.9. The van der Waals surface area contributed by atoms with Gasteiger partial charge in [0.2, 0.25) is 0 Å². The molecule has 0 spiro atoms. The molecule has 30 heavy (non-hydrogen) atoms. The van der Waals surface area contributed by atoms with E-state index in [0.717, 1.165) is 11.1 Å². The van der Waals surface area contributed by atoms with Crippen LogP contribution in [0, 0.1) is 0 Å². The molecule has 1 aliphatic heterocycles. The van der Waals surface area contributed by atoms with Crippen molar-refractivity contribution in [3.05, 3.63) is 83.3 Å². The Morgan fingerprint density at radius 1 is 1.00 bits per heavy atom. The molecule has 5 nitrogen and oxygen atoms in total. The van der Waals surface area contributed by atoms with Gasteiger partial charge in [-0.2, -0.15) is 0 Å². The molecule has 1 saturated heterocycles. The Morgan fingerprint density at radius 3 is 2.37 bits per heavy atom. The summed E-state index contributed by atoms with van der Waals surface area (Å²) in [5, 5.41) is 0.217.